The third-order valence-corrected chi connectivity index (χ3v) is 4.32. The second-order valence-electron chi connectivity index (χ2n) is 5.99. The summed E-state index contributed by atoms with van der Waals surface area (Å²) in [6.07, 6.45) is 0. The number of carbonyl (C=O) groups excluding carboxylic acids is 1. The molecule has 126 valence electrons. The third-order valence-electron chi connectivity index (χ3n) is 4.32. The van der Waals surface area contributed by atoms with Gasteiger partial charge in [-0.25, -0.2) is 4.68 Å². The molecule has 0 unspecified atom stereocenters. The molecule has 1 saturated heterocycles. The van der Waals surface area contributed by atoms with Crippen LogP contribution in [0.2, 0.25) is 0 Å². The zero-order valence-electron chi connectivity index (χ0n) is 14.1. The van der Waals surface area contributed by atoms with Crippen LogP contribution >= 0.6 is 0 Å². The normalized spacial score (nSPS) is 14.8. The van der Waals surface area contributed by atoms with Crippen LogP contribution in [0.15, 0.2) is 41.2 Å². The third kappa shape index (κ3) is 3.32. The summed E-state index contributed by atoms with van der Waals surface area (Å²) in [5.41, 5.74) is 2.58. The first-order valence-corrected chi connectivity index (χ1v) is 8.27. The van der Waals surface area contributed by atoms with Gasteiger partial charge in [-0.05, 0) is 37.6 Å². The number of rotatable bonds is 3. The molecule has 0 aliphatic carbocycles. The van der Waals surface area contributed by atoms with E-state index in [-0.39, 0.29) is 11.5 Å². The highest BCUT2D eigenvalue weighted by Crippen LogP contribution is 2.18. The first-order chi connectivity index (χ1) is 11.6. The molecule has 2 aromatic rings. The molecule has 0 saturated carbocycles. The minimum Gasteiger partial charge on any atom is -0.368 e. The van der Waals surface area contributed by atoms with E-state index in [1.807, 2.05) is 6.92 Å². The van der Waals surface area contributed by atoms with Gasteiger partial charge in [0, 0.05) is 44.5 Å². The summed E-state index contributed by atoms with van der Waals surface area (Å²) in [5, 5.41) is 4.15. The molecule has 0 atom stereocenters. The molecular weight excluding hydrogens is 304 g/mol. The fourth-order valence-corrected chi connectivity index (χ4v) is 2.94. The molecule has 1 aliphatic rings. The van der Waals surface area contributed by atoms with E-state index in [4.69, 9.17) is 0 Å². The molecule has 1 aliphatic heterocycles. The summed E-state index contributed by atoms with van der Waals surface area (Å²) in [7, 11) is 0. The number of anilines is 1. The molecule has 1 aromatic heterocycles. The van der Waals surface area contributed by atoms with Crippen molar-refractivity contribution in [3.63, 3.8) is 0 Å². The Hall–Kier alpha value is -2.63. The number of aromatic nitrogens is 2. The maximum absolute atomic E-state index is 12.6. The van der Waals surface area contributed by atoms with Gasteiger partial charge < -0.3 is 9.80 Å². The Morgan fingerprint density at radius 2 is 1.88 bits per heavy atom. The fourth-order valence-electron chi connectivity index (χ4n) is 2.94. The molecule has 1 aromatic carbocycles. The summed E-state index contributed by atoms with van der Waals surface area (Å²) in [6.45, 7) is 7.27. The summed E-state index contributed by atoms with van der Waals surface area (Å²) >= 11 is 0. The molecular formula is C18H22N4O2. The minimum absolute atomic E-state index is 0.110. The lowest BCUT2D eigenvalue weighted by Crippen LogP contribution is -2.49. The van der Waals surface area contributed by atoms with Crippen LogP contribution in [0.4, 0.5) is 5.69 Å². The number of piperazine rings is 1. The molecule has 0 N–H and O–H groups in total. The number of aryl methyl sites for hydroxylation is 2. The van der Waals surface area contributed by atoms with Crippen LogP contribution in [0.25, 0.3) is 0 Å². The van der Waals surface area contributed by atoms with Gasteiger partial charge in [-0.2, -0.15) is 5.10 Å². The van der Waals surface area contributed by atoms with Crippen LogP contribution in [0.5, 0.6) is 0 Å². The topological polar surface area (TPSA) is 58.4 Å². The summed E-state index contributed by atoms with van der Waals surface area (Å²) in [5.74, 6) is -0.110. The van der Waals surface area contributed by atoms with E-state index >= 15 is 0 Å². The number of hydrogen-bond acceptors (Lipinski definition) is 4. The van der Waals surface area contributed by atoms with Gasteiger partial charge in [0.15, 0.2) is 0 Å². The van der Waals surface area contributed by atoms with Crippen LogP contribution in [0.1, 0.15) is 23.0 Å². The van der Waals surface area contributed by atoms with Gasteiger partial charge >= 0.3 is 0 Å². The molecule has 6 heteroatoms. The van der Waals surface area contributed by atoms with E-state index in [1.165, 1.54) is 28.1 Å². The molecule has 2 heterocycles. The molecule has 0 bridgehead atoms. The standard InChI is InChI=1S/C18H22N4O2/c1-3-22-17(23)8-7-16(19-22)18(24)21-11-9-20(10-12-21)15-6-4-5-14(2)13-15/h4-8,13H,3,9-12H2,1-2H3. The summed E-state index contributed by atoms with van der Waals surface area (Å²) in [4.78, 5) is 28.3. The maximum Gasteiger partial charge on any atom is 0.274 e. The van der Waals surface area contributed by atoms with Crippen molar-refractivity contribution in [2.75, 3.05) is 31.1 Å². The average Bonchev–Trinajstić information content (AvgIpc) is 2.62. The molecule has 3 rings (SSSR count). The quantitative estimate of drug-likeness (QED) is 0.858. The highest BCUT2D eigenvalue weighted by Gasteiger charge is 2.23. The molecule has 1 fully saturated rings. The van der Waals surface area contributed by atoms with Crippen LogP contribution in [-0.4, -0.2) is 46.8 Å². The van der Waals surface area contributed by atoms with E-state index in [1.54, 1.807) is 4.90 Å². The number of carbonyl (C=O) groups is 1. The number of amides is 1. The van der Waals surface area contributed by atoms with E-state index in [9.17, 15) is 9.59 Å². The van der Waals surface area contributed by atoms with Crippen molar-refractivity contribution in [1.29, 1.82) is 0 Å². The lowest BCUT2D eigenvalue weighted by atomic mass is 10.2. The molecule has 0 radical (unpaired) electrons. The Kier molecular flexibility index (Phi) is 4.64. The number of nitrogens with zero attached hydrogens (tertiary/aromatic N) is 4. The Morgan fingerprint density at radius 3 is 2.54 bits per heavy atom. The van der Waals surface area contributed by atoms with Crippen molar-refractivity contribution in [3.8, 4) is 0 Å². The van der Waals surface area contributed by atoms with Crippen molar-refractivity contribution >= 4 is 11.6 Å². The Balaban J connectivity index is 1.68. The van der Waals surface area contributed by atoms with Gasteiger partial charge in [0.1, 0.15) is 5.69 Å². The minimum atomic E-state index is -0.182. The van der Waals surface area contributed by atoms with Crippen LogP contribution in [0.3, 0.4) is 0 Å². The largest absolute Gasteiger partial charge is 0.368 e. The first-order valence-electron chi connectivity index (χ1n) is 8.27. The highest BCUT2D eigenvalue weighted by atomic mass is 16.2. The Bertz CT molecular complexity index is 792. The van der Waals surface area contributed by atoms with Gasteiger partial charge in [-0.3, -0.25) is 9.59 Å². The van der Waals surface area contributed by atoms with Crippen molar-refractivity contribution in [3.05, 3.63) is 58.0 Å². The number of hydrogen-bond donors (Lipinski definition) is 0. The van der Waals surface area contributed by atoms with E-state index in [0.29, 0.717) is 25.3 Å². The van der Waals surface area contributed by atoms with Crippen LogP contribution < -0.4 is 10.5 Å². The predicted molar refractivity (Wildman–Crippen MR) is 93.5 cm³/mol. The second kappa shape index (κ2) is 6.86. The van der Waals surface area contributed by atoms with Gasteiger partial charge in [0.2, 0.25) is 0 Å². The van der Waals surface area contributed by atoms with Gasteiger partial charge in [0.05, 0.1) is 0 Å². The zero-order chi connectivity index (χ0) is 17.1. The lowest BCUT2D eigenvalue weighted by Gasteiger charge is -2.36. The first kappa shape index (κ1) is 16.2. The zero-order valence-corrected chi connectivity index (χ0v) is 14.1. The monoisotopic (exact) mass is 326 g/mol. The van der Waals surface area contributed by atoms with Crippen molar-refractivity contribution in [2.45, 2.75) is 20.4 Å². The average molecular weight is 326 g/mol. The maximum atomic E-state index is 12.6. The fraction of sp³-hybridized carbons (Fsp3) is 0.389. The molecule has 6 nitrogen and oxygen atoms in total. The van der Waals surface area contributed by atoms with Crippen molar-refractivity contribution < 1.29 is 4.79 Å². The van der Waals surface area contributed by atoms with E-state index in [0.717, 1.165) is 13.1 Å². The SMILES string of the molecule is CCn1nc(C(=O)N2CCN(c3cccc(C)c3)CC2)ccc1=O. The molecule has 1 amide bonds. The van der Waals surface area contributed by atoms with Crippen LogP contribution in [-0.2, 0) is 6.54 Å². The highest BCUT2D eigenvalue weighted by molar-refractivity contribution is 5.92. The van der Waals surface area contributed by atoms with Crippen molar-refractivity contribution in [2.24, 2.45) is 0 Å². The molecule has 0 spiro atoms. The smallest absolute Gasteiger partial charge is 0.274 e. The Labute approximate surface area is 141 Å². The second-order valence-corrected chi connectivity index (χ2v) is 5.99. The van der Waals surface area contributed by atoms with Gasteiger partial charge in [-0.15, -0.1) is 0 Å². The number of benzene rings is 1. The van der Waals surface area contributed by atoms with Crippen molar-refractivity contribution in [1.82, 2.24) is 14.7 Å². The van der Waals surface area contributed by atoms with Crippen LogP contribution in [0, 0.1) is 6.92 Å². The lowest BCUT2D eigenvalue weighted by molar-refractivity contribution is 0.0738. The van der Waals surface area contributed by atoms with E-state index in [2.05, 4.69) is 41.2 Å². The van der Waals surface area contributed by atoms with Gasteiger partial charge in [-0.1, -0.05) is 12.1 Å². The molecule has 24 heavy (non-hydrogen) atoms. The Morgan fingerprint density at radius 1 is 1.12 bits per heavy atom. The summed E-state index contributed by atoms with van der Waals surface area (Å²) < 4.78 is 1.32. The predicted octanol–water partition coefficient (Wildman–Crippen LogP) is 1.53. The van der Waals surface area contributed by atoms with Gasteiger partial charge in [0.25, 0.3) is 11.5 Å². The van der Waals surface area contributed by atoms with E-state index < -0.39 is 0 Å². The summed E-state index contributed by atoms with van der Waals surface area (Å²) in [6, 6.07) is 11.3.